The van der Waals surface area contributed by atoms with E-state index in [9.17, 15) is 0 Å². The van der Waals surface area contributed by atoms with Crippen LogP contribution < -0.4 is 5.32 Å². The molecule has 2 heterocycles. The maximum absolute atomic E-state index is 4.87. The van der Waals surface area contributed by atoms with E-state index in [1.54, 1.807) is 11.3 Å². The first-order valence-electron chi connectivity index (χ1n) is 10.5. The Morgan fingerprint density at radius 1 is 0.710 bits per heavy atom. The molecule has 3 aromatic carbocycles. The molecule has 2 aromatic heterocycles. The van der Waals surface area contributed by atoms with Crippen molar-refractivity contribution in [3.63, 3.8) is 0 Å². The Morgan fingerprint density at radius 2 is 1.39 bits per heavy atom. The van der Waals surface area contributed by atoms with Crippen molar-refractivity contribution in [2.75, 3.05) is 11.9 Å². The summed E-state index contributed by atoms with van der Waals surface area (Å²) in [5.74, 6) is 2.01. The summed E-state index contributed by atoms with van der Waals surface area (Å²) < 4.78 is 0. The van der Waals surface area contributed by atoms with Crippen molar-refractivity contribution < 1.29 is 0 Å². The highest BCUT2D eigenvalue weighted by Gasteiger charge is 2.15. The molecule has 4 heteroatoms. The van der Waals surface area contributed by atoms with Gasteiger partial charge in [-0.15, -0.1) is 11.3 Å². The van der Waals surface area contributed by atoms with Crippen molar-refractivity contribution in [2.45, 2.75) is 12.3 Å². The van der Waals surface area contributed by atoms with Gasteiger partial charge >= 0.3 is 0 Å². The van der Waals surface area contributed by atoms with E-state index in [2.05, 4.69) is 89.6 Å². The van der Waals surface area contributed by atoms with E-state index in [4.69, 9.17) is 9.97 Å². The average Bonchev–Trinajstić information content (AvgIpc) is 3.38. The SMILES string of the molecule is c1ccc(C(CCNc2nc(-c3cccs3)nc3ccccc23)c2ccccc2)cc1. The van der Waals surface area contributed by atoms with E-state index in [0.717, 1.165) is 40.4 Å². The zero-order valence-corrected chi connectivity index (χ0v) is 17.9. The summed E-state index contributed by atoms with van der Waals surface area (Å²) in [6.07, 6.45) is 0.973. The van der Waals surface area contributed by atoms with Crippen LogP contribution in [0.2, 0.25) is 0 Å². The Hall–Kier alpha value is -3.50. The van der Waals surface area contributed by atoms with E-state index in [1.807, 2.05) is 18.2 Å². The Morgan fingerprint density at radius 3 is 2.06 bits per heavy atom. The second kappa shape index (κ2) is 9.11. The smallest absolute Gasteiger partial charge is 0.172 e. The minimum absolute atomic E-state index is 0.333. The van der Waals surface area contributed by atoms with E-state index < -0.39 is 0 Å². The molecule has 0 unspecified atom stereocenters. The van der Waals surface area contributed by atoms with E-state index in [0.29, 0.717) is 5.92 Å². The van der Waals surface area contributed by atoms with Gasteiger partial charge in [-0.05, 0) is 41.1 Å². The van der Waals surface area contributed by atoms with Crippen LogP contribution >= 0.6 is 11.3 Å². The molecule has 1 N–H and O–H groups in total. The number of thiophene rings is 1. The van der Waals surface area contributed by atoms with Gasteiger partial charge in [-0.25, -0.2) is 9.97 Å². The van der Waals surface area contributed by atoms with Gasteiger partial charge in [0.2, 0.25) is 0 Å². The monoisotopic (exact) mass is 421 g/mol. The Bertz CT molecular complexity index is 1210. The zero-order chi connectivity index (χ0) is 20.9. The number of anilines is 1. The summed E-state index contributed by atoms with van der Waals surface area (Å²) in [6, 6.07) is 33.8. The molecule has 0 amide bonds. The van der Waals surface area contributed by atoms with Crippen LogP contribution in [0, 0.1) is 0 Å². The van der Waals surface area contributed by atoms with Crippen LogP contribution in [0.1, 0.15) is 23.5 Å². The number of para-hydroxylation sites is 1. The van der Waals surface area contributed by atoms with Gasteiger partial charge in [0.15, 0.2) is 5.82 Å². The van der Waals surface area contributed by atoms with E-state index in [-0.39, 0.29) is 0 Å². The number of rotatable bonds is 7. The van der Waals surface area contributed by atoms with Crippen LogP contribution in [0.15, 0.2) is 102 Å². The summed E-state index contributed by atoms with van der Waals surface area (Å²) >= 11 is 1.66. The number of hydrogen-bond acceptors (Lipinski definition) is 4. The van der Waals surface area contributed by atoms with E-state index >= 15 is 0 Å². The first-order valence-corrected chi connectivity index (χ1v) is 11.4. The predicted molar refractivity (Wildman–Crippen MR) is 131 cm³/mol. The molecule has 0 aliphatic heterocycles. The predicted octanol–water partition coefficient (Wildman–Crippen LogP) is 6.99. The second-order valence-corrected chi connectivity index (χ2v) is 8.43. The normalized spacial score (nSPS) is 11.1. The van der Waals surface area contributed by atoms with Crippen molar-refractivity contribution >= 4 is 28.1 Å². The lowest BCUT2D eigenvalue weighted by Crippen LogP contribution is -2.11. The molecule has 0 aliphatic carbocycles. The number of hydrogen-bond donors (Lipinski definition) is 1. The molecule has 31 heavy (non-hydrogen) atoms. The fraction of sp³-hybridized carbons (Fsp3) is 0.111. The standard InChI is InChI=1S/C27H23N3S/c1-3-10-20(11-4-1)22(21-12-5-2-6-13-21)17-18-28-26-23-14-7-8-15-24(23)29-27(30-26)25-16-9-19-31-25/h1-16,19,22H,17-18H2,(H,28,29,30). The van der Waals surface area contributed by atoms with Gasteiger partial charge in [0.05, 0.1) is 10.4 Å². The summed E-state index contributed by atoms with van der Waals surface area (Å²) in [6.45, 7) is 0.819. The molecular weight excluding hydrogens is 398 g/mol. The summed E-state index contributed by atoms with van der Waals surface area (Å²) in [4.78, 5) is 10.7. The van der Waals surface area contributed by atoms with Crippen molar-refractivity contribution in [2.24, 2.45) is 0 Å². The molecule has 5 aromatic rings. The van der Waals surface area contributed by atoms with Crippen LogP contribution in [0.5, 0.6) is 0 Å². The van der Waals surface area contributed by atoms with Gasteiger partial charge in [-0.3, -0.25) is 0 Å². The van der Waals surface area contributed by atoms with E-state index in [1.165, 1.54) is 11.1 Å². The highest BCUT2D eigenvalue weighted by atomic mass is 32.1. The van der Waals surface area contributed by atoms with Gasteiger partial charge < -0.3 is 5.32 Å². The summed E-state index contributed by atoms with van der Waals surface area (Å²) in [5.41, 5.74) is 3.63. The van der Waals surface area contributed by atoms with Gasteiger partial charge in [-0.2, -0.15) is 0 Å². The topological polar surface area (TPSA) is 37.8 Å². The van der Waals surface area contributed by atoms with Crippen LogP contribution in [-0.2, 0) is 0 Å². The molecule has 0 aliphatic rings. The van der Waals surface area contributed by atoms with Gasteiger partial charge in [0.25, 0.3) is 0 Å². The molecular formula is C27H23N3S. The number of aromatic nitrogens is 2. The van der Waals surface area contributed by atoms with Gasteiger partial charge in [-0.1, -0.05) is 78.9 Å². The molecule has 0 atom stereocenters. The summed E-state index contributed by atoms with van der Waals surface area (Å²) in [7, 11) is 0. The Balaban J connectivity index is 1.42. The van der Waals surface area contributed by atoms with Crippen LogP contribution in [0.3, 0.4) is 0 Å². The number of nitrogens with zero attached hydrogens (tertiary/aromatic N) is 2. The van der Waals surface area contributed by atoms with Crippen molar-refractivity contribution in [3.8, 4) is 10.7 Å². The first-order chi connectivity index (χ1) is 15.4. The van der Waals surface area contributed by atoms with Crippen molar-refractivity contribution in [3.05, 3.63) is 114 Å². The first kappa shape index (κ1) is 19.5. The van der Waals surface area contributed by atoms with Gasteiger partial charge in [0.1, 0.15) is 5.82 Å². The third-order valence-electron chi connectivity index (χ3n) is 5.47. The Kier molecular flexibility index (Phi) is 5.72. The maximum Gasteiger partial charge on any atom is 0.172 e. The van der Waals surface area contributed by atoms with Gasteiger partial charge in [0, 0.05) is 17.8 Å². The molecule has 0 saturated heterocycles. The molecule has 3 nitrogen and oxygen atoms in total. The highest BCUT2D eigenvalue weighted by Crippen LogP contribution is 2.30. The number of fused-ring (bicyclic) bond motifs is 1. The fourth-order valence-corrected chi connectivity index (χ4v) is 4.62. The lowest BCUT2D eigenvalue weighted by atomic mass is 9.88. The third-order valence-corrected chi connectivity index (χ3v) is 6.34. The maximum atomic E-state index is 4.87. The fourth-order valence-electron chi connectivity index (χ4n) is 3.96. The molecule has 0 radical (unpaired) electrons. The Labute approximate surface area is 186 Å². The number of nitrogens with one attached hydrogen (secondary N) is 1. The van der Waals surface area contributed by atoms with Crippen molar-refractivity contribution in [1.29, 1.82) is 0 Å². The average molecular weight is 422 g/mol. The molecule has 0 saturated carbocycles. The minimum Gasteiger partial charge on any atom is -0.369 e. The zero-order valence-electron chi connectivity index (χ0n) is 17.1. The van der Waals surface area contributed by atoms with Crippen LogP contribution in [0.4, 0.5) is 5.82 Å². The quantitative estimate of drug-likeness (QED) is 0.308. The lowest BCUT2D eigenvalue weighted by Gasteiger charge is -2.19. The molecule has 0 spiro atoms. The van der Waals surface area contributed by atoms with Crippen molar-refractivity contribution in [1.82, 2.24) is 9.97 Å². The molecule has 0 fully saturated rings. The largest absolute Gasteiger partial charge is 0.369 e. The highest BCUT2D eigenvalue weighted by molar-refractivity contribution is 7.13. The third kappa shape index (κ3) is 4.35. The number of benzene rings is 3. The second-order valence-electron chi connectivity index (χ2n) is 7.48. The molecule has 152 valence electrons. The lowest BCUT2D eigenvalue weighted by molar-refractivity contribution is 0.743. The minimum atomic E-state index is 0.333. The summed E-state index contributed by atoms with van der Waals surface area (Å²) in [5, 5.41) is 6.73. The van der Waals surface area contributed by atoms with Crippen LogP contribution in [-0.4, -0.2) is 16.5 Å². The van der Waals surface area contributed by atoms with Crippen LogP contribution in [0.25, 0.3) is 21.6 Å². The molecule has 5 rings (SSSR count). The molecule has 0 bridgehead atoms.